The molecule has 0 saturated heterocycles. The Kier molecular flexibility index (Phi) is 7.74. The monoisotopic (exact) mass is 369 g/mol. The SMILES string of the molecule is COc1ccc(C(=O)NCCc2ccc(O)cc2)cc1OCCC=C(C)C. The van der Waals surface area contributed by atoms with Gasteiger partial charge in [-0.05, 0) is 62.6 Å². The Hall–Kier alpha value is -2.95. The highest BCUT2D eigenvalue weighted by Gasteiger charge is 2.11. The Labute approximate surface area is 160 Å². The number of rotatable bonds is 9. The topological polar surface area (TPSA) is 67.8 Å². The number of phenolic OH excluding ortho intramolecular Hbond substituents is 1. The van der Waals surface area contributed by atoms with E-state index in [4.69, 9.17) is 9.47 Å². The van der Waals surface area contributed by atoms with Crippen molar-refractivity contribution in [1.29, 1.82) is 0 Å². The third kappa shape index (κ3) is 6.70. The van der Waals surface area contributed by atoms with Crippen molar-refractivity contribution < 1.29 is 19.4 Å². The summed E-state index contributed by atoms with van der Waals surface area (Å²) in [5, 5.41) is 12.2. The van der Waals surface area contributed by atoms with Crippen LogP contribution in [0.4, 0.5) is 0 Å². The second-order valence-electron chi connectivity index (χ2n) is 6.46. The summed E-state index contributed by atoms with van der Waals surface area (Å²) >= 11 is 0. The van der Waals surface area contributed by atoms with E-state index in [0.717, 1.165) is 12.0 Å². The van der Waals surface area contributed by atoms with Gasteiger partial charge in [-0.2, -0.15) is 0 Å². The van der Waals surface area contributed by atoms with Gasteiger partial charge in [0.1, 0.15) is 5.75 Å². The number of carbonyl (C=O) groups excluding carboxylic acids is 1. The third-order valence-corrected chi connectivity index (χ3v) is 3.99. The fraction of sp³-hybridized carbons (Fsp3) is 0.318. The number of carbonyl (C=O) groups is 1. The average molecular weight is 369 g/mol. The van der Waals surface area contributed by atoms with Gasteiger partial charge in [0.25, 0.3) is 5.91 Å². The maximum absolute atomic E-state index is 12.4. The molecule has 0 aliphatic heterocycles. The van der Waals surface area contributed by atoms with Crippen molar-refractivity contribution in [1.82, 2.24) is 5.32 Å². The highest BCUT2D eigenvalue weighted by molar-refractivity contribution is 5.94. The van der Waals surface area contributed by atoms with Crippen LogP contribution in [-0.2, 0) is 6.42 Å². The van der Waals surface area contributed by atoms with Crippen molar-refractivity contribution in [3.05, 3.63) is 65.2 Å². The Morgan fingerprint density at radius 3 is 2.52 bits per heavy atom. The van der Waals surface area contributed by atoms with Gasteiger partial charge < -0.3 is 19.9 Å². The summed E-state index contributed by atoms with van der Waals surface area (Å²) in [5.41, 5.74) is 2.82. The lowest BCUT2D eigenvalue weighted by Gasteiger charge is -2.12. The summed E-state index contributed by atoms with van der Waals surface area (Å²) in [4.78, 5) is 12.4. The van der Waals surface area contributed by atoms with Crippen LogP contribution in [0.1, 0.15) is 36.2 Å². The molecule has 27 heavy (non-hydrogen) atoms. The fourth-order valence-electron chi connectivity index (χ4n) is 2.53. The Morgan fingerprint density at radius 1 is 1.11 bits per heavy atom. The molecule has 5 nitrogen and oxygen atoms in total. The summed E-state index contributed by atoms with van der Waals surface area (Å²) < 4.78 is 11.1. The number of ether oxygens (including phenoxy) is 2. The zero-order chi connectivity index (χ0) is 19.6. The molecule has 0 heterocycles. The van der Waals surface area contributed by atoms with E-state index in [1.165, 1.54) is 5.57 Å². The maximum Gasteiger partial charge on any atom is 0.251 e. The van der Waals surface area contributed by atoms with Gasteiger partial charge in [-0.15, -0.1) is 0 Å². The normalized spacial score (nSPS) is 10.2. The molecular formula is C22H27NO4. The highest BCUT2D eigenvalue weighted by atomic mass is 16.5. The Balaban J connectivity index is 1.93. The molecular weight excluding hydrogens is 342 g/mol. The summed E-state index contributed by atoms with van der Waals surface area (Å²) in [7, 11) is 1.58. The molecule has 0 radical (unpaired) electrons. The number of amides is 1. The second-order valence-corrected chi connectivity index (χ2v) is 6.46. The van der Waals surface area contributed by atoms with Crippen molar-refractivity contribution >= 4 is 5.91 Å². The predicted octanol–water partition coefficient (Wildman–Crippen LogP) is 4.11. The van der Waals surface area contributed by atoms with Gasteiger partial charge >= 0.3 is 0 Å². The van der Waals surface area contributed by atoms with Crippen LogP contribution in [0.15, 0.2) is 54.1 Å². The number of phenols is 1. The number of hydrogen-bond acceptors (Lipinski definition) is 4. The van der Waals surface area contributed by atoms with Crippen LogP contribution in [0.3, 0.4) is 0 Å². The molecule has 0 atom stereocenters. The predicted molar refractivity (Wildman–Crippen MR) is 107 cm³/mol. The Morgan fingerprint density at radius 2 is 1.85 bits per heavy atom. The molecule has 2 rings (SSSR count). The van der Waals surface area contributed by atoms with Crippen LogP contribution in [0.2, 0.25) is 0 Å². The van der Waals surface area contributed by atoms with Gasteiger partial charge in [-0.1, -0.05) is 23.8 Å². The minimum Gasteiger partial charge on any atom is -0.508 e. The van der Waals surface area contributed by atoms with E-state index in [1.54, 1.807) is 37.4 Å². The first-order chi connectivity index (χ1) is 13.0. The molecule has 0 unspecified atom stereocenters. The first-order valence-electron chi connectivity index (χ1n) is 9.00. The van der Waals surface area contributed by atoms with E-state index in [-0.39, 0.29) is 11.7 Å². The summed E-state index contributed by atoms with van der Waals surface area (Å²) in [5.74, 6) is 1.24. The van der Waals surface area contributed by atoms with E-state index < -0.39 is 0 Å². The molecule has 5 heteroatoms. The first-order valence-corrected chi connectivity index (χ1v) is 9.00. The quantitative estimate of drug-likeness (QED) is 0.516. The largest absolute Gasteiger partial charge is 0.508 e. The van der Waals surface area contributed by atoms with Gasteiger partial charge in [0.2, 0.25) is 0 Å². The van der Waals surface area contributed by atoms with E-state index in [0.29, 0.717) is 36.6 Å². The van der Waals surface area contributed by atoms with Crippen molar-refractivity contribution in [2.45, 2.75) is 26.7 Å². The van der Waals surface area contributed by atoms with Gasteiger partial charge in [0, 0.05) is 12.1 Å². The number of aromatic hydroxyl groups is 1. The number of allylic oxidation sites excluding steroid dienone is 1. The van der Waals surface area contributed by atoms with Crippen molar-refractivity contribution in [2.24, 2.45) is 0 Å². The molecule has 1 amide bonds. The van der Waals surface area contributed by atoms with Crippen molar-refractivity contribution in [3.63, 3.8) is 0 Å². The zero-order valence-corrected chi connectivity index (χ0v) is 16.1. The van der Waals surface area contributed by atoms with Gasteiger partial charge in [-0.25, -0.2) is 0 Å². The fourth-order valence-corrected chi connectivity index (χ4v) is 2.53. The molecule has 0 aromatic heterocycles. The molecule has 144 valence electrons. The molecule has 0 saturated carbocycles. The molecule has 0 spiro atoms. The number of benzene rings is 2. The average Bonchev–Trinajstić information content (AvgIpc) is 2.66. The van der Waals surface area contributed by atoms with E-state index in [2.05, 4.69) is 11.4 Å². The zero-order valence-electron chi connectivity index (χ0n) is 16.1. The van der Waals surface area contributed by atoms with Crippen molar-refractivity contribution in [2.75, 3.05) is 20.3 Å². The molecule has 2 aromatic rings. The van der Waals surface area contributed by atoms with Gasteiger partial charge in [-0.3, -0.25) is 4.79 Å². The van der Waals surface area contributed by atoms with E-state index >= 15 is 0 Å². The summed E-state index contributed by atoms with van der Waals surface area (Å²) in [6.07, 6.45) is 3.59. The molecule has 0 aliphatic rings. The van der Waals surface area contributed by atoms with Crippen LogP contribution in [-0.4, -0.2) is 31.3 Å². The lowest BCUT2D eigenvalue weighted by molar-refractivity contribution is 0.0953. The van der Waals surface area contributed by atoms with Crippen LogP contribution < -0.4 is 14.8 Å². The molecule has 0 bridgehead atoms. The lowest BCUT2D eigenvalue weighted by Crippen LogP contribution is -2.25. The standard InChI is InChI=1S/C22H27NO4/c1-16(2)5-4-14-27-21-15-18(8-11-20(21)26-3)22(25)23-13-12-17-6-9-19(24)10-7-17/h5-11,15,24H,4,12-14H2,1-3H3,(H,23,25). The minimum absolute atomic E-state index is 0.162. The smallest absolute Gasteiger partial charge is 0.251 e. The molecule has 0 fully saturated rings. The Bertz CT molecular complexity index is 777. The van der Waals surface area contributed by atoms with E-state index in [1.807, 2.05) is 26.0 Å². The van der Waals surface area contributed by atoms with Crippen LogP contribution in [0.5, 0.6) is 17.2 Å². The second kappa shape index (κ2) is 10.3. The van der Waals surface area contributed by atoms with Crippen LogP contribution in [0, 0.1) is 0 Å². The van der Waals surface area contributed by atoms with Crippen LogP contribution >= 0.6 is 0 Å². The minimum atomic E-state index is -0.162. The first kappa shape index (κ1) is 20.4. The third-order valence-electron chi connectivity index (χ3n) is 3.99. The summed E-state index contributed by atoms with van der Waals surface area (Å²) in [6.45, 7) is 5.12. The van der Waals surface area contributed by atoms with Gasteiger partial charge in [0.05, 0.1) is 13.7 Å². The van der Waals surface area contributed by atoms with Crippen molar-refractivity contribution in [3.8, 4) is 17.2 Å². The molecule has 2 N–H and O–H groups in total. The summed E-state index contributed by atoms with van der Waals surface area (Å²) in [6, 6.07) is 12.1. The molecule has 0 aliphatic carbocycles. The van der Waals surface area contributed by atoms with E-state index in [9.17, 15) is 9.90 Å². The highest BCUT2D eigenvalue weighted by Crippen LogP contribution is 2.28. The van der Waals surface area contributed by atoms with Crippen LogP contribution in [0.25, 0.3) is 0 Å². The number of nitrogens with one attached hydrogen (secondary N) is 1. The maximum atomic E-state index is 12.4. The van der Waals surface area contributed by atoms with Gasteiger partial charge in [0.15, 0.2) is 11.5 Å². The molecule has 2 aromatic carbocycles. The lowest BCUT2D eigenvalue weighted by atomic mass is 10.1. The number of methoxy groups -OCH3 is 1. The number of hydrogen-bond donors (Lipinski definition) is 2.